The summed E-state index contributed by atoms with van der Waals surface area (Å²) in [6.07, 6.45) is 0. The van der Waals surface area contributed by atoms with Gasteiger partial charge in [-0.25, -0.2) is 27.4 Å². The predicted octanol–water partition coefficient (Wildman–Crippen LogP) is 5.82. The first-order valence-electron chi connectivity index (χ1n) is 21.4. The van der Waals surface area contributed by atoms with Crippen molar-refractivity contribution in [3.63, 3.8) is 0 Å². The first kappa shape index (κ1) is 60.4. The Balaban J connectivity index is 1.11. The number of phenols is 1. The highest BCUT2D eigenvalue weighted by Crippen LogP contribution is 2.49. The zero-order chi connectivity index (χ0) is 58.9. The molecule has 0 aliphatic heterocycles. The maximum atomic E-state index is 13.3. The van der Waals surface area contributed by atoms with Gasteiger partial charge in [-0.05, 0) is 109 Å². The third-order valence-electron chi connectivity index (χ3n) is 10.4. The molecule has 0 radical (unpaired) electrons. The number of rotatable bonds is 24. The number of phenolic OH excluding ortho intramolecular Hbond substituents is 1. The van der Waals surface area contributed by atoms with Crippen molar-refractivity contribution in [3.05, 3.63) is 157 Å². The van der Waals surface area contributed by atoms with Gasteiger partial charge >= 0.3 is 0 Å². The molecule has 7 rings (SSSR count). The second kappa shape index (κ2) is 25.5. The van der Waals surface area contributed by atoms with Crippen molar-refractivity contribution in [2.45, 2.75) is 24.5 Å². The number of nitrogens with two attached hydrogens (primary N) is 1. The summed E-state index contributed by atoms with van der Waals surface area (Å²) in [6, 6.07) is 21.2. The van der Waals surface area contributed by atoms with E-state index in [2.05, 4.69) is 65.0 Å². The van der Waals surface area contributed by atoms with Gasteiger partial charge in [0.25, 0.3) is 35.9 Å². The zero-order valence-corrected chi connectivity index (χ0v) is 44.6. The molecule has 0 aliphatic carbocycles. The SMILES string of the molecule is Nc1c(N=Nc2ccc(S(=O)(=O)CCOSOOO)cc2S(=O)(=O)O)c(SOOO)cc2cc(S(=O)(=O)O)c(N=Nc3ccc(NS(=O)(=O)c4ccc(N/N=c5/c(=O)cc/c(=N\Nc6ccc([N+](=O)[O-])cc6)c5=O)cc4)cc3)c(O)c12. The average molecular weight is 1240 g/mol. The quantitative estimate of drug-likeness (QED) is 0.00503. The van der Waals surface area contributed by atoms with E-state index in [9.17, 15) is 67.6 Å². The van der Waals surface area contributed by atoms with Gasteiger partial charge < -0.3 is 10.8 Å². The molecule has 0 saturated heterocycles. The minimum Gasteiger partial charge on any atom is -0.505 e. The standard InChI is InChI=1S/C42H33N11O22S6/c43-37-36-22(19-33(76-74-72-59)39(37)50-47-30-14-13-29(21-34(30)80(65,66)67)78(61,62)18-17-71-77-75-73-60)20-35(81(68,69)70)40(42(36)56)51-46-23-1-3-26(4-2-23)52-79(63,64)28-11-7-25(8-12-28)45-49-38-32(54)16-15-31(41(38)55)48-44-24-5-9-27(10-6-24)53(57)58/h1-16,19-21,44-45,52,56,59-60H,17-18,43H2,(H,65,66,67)(H,68,69,70)/b48-31+,49-38-,50-47?,51-46?. The van der Waals surface area contributed by atoms with E-state index in [1.54, 1.807) is 0 Å². The number of nitrogens with one attached hydrogen (secondary N) is 3. The minimum atomic E-state index is -5.26. The third-order valence-corrected chi connectivity index (χ3v) is 16.2. The molecule has 0 amide bonds. The van der Waals surface area contributed by atoms with E-state index in [1.165, 1.54) is 72.8 Å². The van der Waals surface area contributed by atoms with Crippen molar-refractivity contribution in [1.82, 2.24) is 0 Å². The van der Waals surface area contributed by atoms with E-state index in [-0.39, 0.29) is 67.7 Å². The first-order chi connectivity index (χ1) is 38.3. The van der Waals surface area contributed by atoms with Crippen molar-refractivity contribution in [2.75, 3.05) is 33.7 Å². The van der Waals surface area contributed by atoms with E-state index in [0.29, 0.717) is 11.8 Å². The molecule has 0 bridgehead atoms. The van der Waals surface area contributed by atoms with Crippen LogP contribution in [-0.4, -0.2) is 75.7 Å². The fraction of sp³-hybridized carbons (Fsp3) is 0.0476. The number of nitrogen functional groups attached to an aromatic ring is 1. The van der Waals surface area contributed by atoms with Crippen LogP contribution < -0.4 is 42.9 Å². The number of nitro benzene ring substituents is 1. The van der Waals surface area contributed by atoms with E-state index < -0.39 is 122 Å². The van der Waals surface area contributed by atoms with Gasteiger partial charge in [-0.15, -0.1) is 24.0 Å². The molecule has 81 heavy (non-hydrogen) atoms. The van der Waals surface area contributed by atoms with Gasteiger partial charge in [0.1, 0.15) is 32.2 Å². The third kappa shape index (κ3) is 15.0. The molecule has 0 heterocycles. The van der Waals surface area contributed by atoms with E-state index in [1.807, 2.05) is 0 Å². The first-order valence-corrected chi connectivity index (χ1v) is 28.8. The summed E-state index contributed by atoms with van der Waals surface area (Å²) in [5.74, 6) is -1.82. The van der Waals surface area contributed by atoms with Gasteiger partial charge in [-0.2, -0.15) is 32.2 Å². The Morgan fingerprint density at radius 3 is 1.90 bits per heavy atom. The number of anilines is 4. The molecular formula is C42H33N11O22S6. The van der Waals surface area contributed by atoms with Crippen molar-refractivity contribution in [3.8, 4) is 5.75 Å². The van der Waals surface area contributed by atoms with Crippen molar-refractivity contribution in [2.24, 2.45) is 30.7 Å². The van der Waals surface area contributed by atoms with E-state index >= 15 is 0 Å². The fourth-order valence-corrected chi connectivity index (χ4v) is 11.1. The number of aromatic hydroxyl groups is 1. The van der Waals surface area contributed by atoms with Crippen LogP contribution in [0.3, 0.4) is 0 Å². The van der Waals surface area contributed by atoms with Crippen LogP contribution in [0.25, 0.3) is 10.8 Å². The van der Waals surface area contributed by atoms with Crippen LogP contribution >= 0.6 is 24.4 Å². The molecule has 0 aliphatic rings. The molecule has 0 saturated carbocycles. The Labute approximate surface area is 461 Å². The molecule has 7 aromatic rings. The Morgan fingerprint density at radius 1 is 0.667 bits per heavy atom. The summed E-state index contributed by atoms with van der Waals surface area (Å²) in [6.45, 7) is -0.559. The van der Waals surface area contributed by atoms with Gasteiger partial charge in [-0.3, -0.25) is 48.6 Å². The topological polar surface area (TPSA) is 497 Å². The van der Waals surface area contributed by atoms with Crippen LogP contribution in [0, 0.1) is 10.1 Å². The van der Waals surface area contributed by atoms with Crippen molar-refractivity contribution < 1.29 is 86.2 Å². The number of hydrogen-bond donors (Lipinski definition) is 9. The predicted molar refractivity (Wildman–Crippen MR) is 282 cm³/mol. The minimum absolute atomic E-state index is 0.0242. The van der Waals surface area contributed by atoms with Gasteiger partial charge in [0.05, 0.1) is 72.1 Å². The van der Waals surface area contributed by atoms with Gasteiger partial charge in [0.15, 0.2) is 33.3 Å². The number of nitro groups is 1. The lowest BCUT2D eigenvalue weighted by atomic mass is 10.1. The molecule has 7 aromatic carbocycles. The molecule has 33 nitrogen and oxygen atoms in total. The number of fused-ring (bicyclic) bond motifs is 1. The number of azo groups is 2. The summed E-state index contributed by atoms with van der Waals surface area (Å²) < 4.78 is 138. The number of sulfone groups is 1. The molecule has 0 unspecified atom stereocenters. The smallest absolute Gasteiger partial charge is 0.296 e. The highest BCUT2D eigenvalue weighted by atomic mass is 32.2. The lowest BCUT2D eigenvalue weighted by Gasteiger charge is -2.14. The van der Waals surface area contributed by atoms with Crippen LogP contribution in [0.4, 0.5) is 51.2 Å². The number of benzene rings is 7. The summed E-state index contributed by atoms with van der Waals surface area (Å²) in [4.78, 5) is 32.5. The monoisotopic (exact) mass is 1240 g/mol. The van der Waals surface area contributed by atoms with Gasteiger partial charge in [-0.1, -0.05) is 10.1 Å². The number of sulfonamides is 1. The molecule has 0 fully saturated rings. The normalized spacial score (nSPS) is 12.9. The Morgan fingerprint density at radius 2 is 1.27 bits per heavy atom. The summed E-state index contributed by atoms with van der Waals surface area (Å²) >= 11 is 0.238. The fourth-order valence-electron chi connectivity index (χ4n) is 6.70. The Hall–Kier alpha value is -8.26. The van der Waals surface area contributed by atoms with Crippen molar-refractivity contribution in [1.29, 1.82) is 0 Å². The van der Waals surface area contributed by atoms with Gasteiger partial charge in [0, 0.05) is 17.8 Å². The molecule has 0 spiro atoms. The number of hydrogen-bond acceptors (Lipinski definition) is 31. The zero-order valence-electron chi connectivity index (χ0n) is 39.7. The highest BCUT2D eigenvalue weighted by molar-refractivity contribution is 7.94. The number of nitrogens with zero attached hydrogens (tertiary/aromatic N) is 7. The van der Waals surface area contributed by atoms with Crippen molar-refractivity contribution >= 4 is 126 Å². The lowest BCUT2D eigenvalue weighted by molar-refractivity contribution is -0.434. The molecular weight excluding hydrogens is 1200 g/mol. The van der Waals surface area contributed by atoms with Crippen LogP contribution in [0.5, 0.6) is 5.75 Å². The molecule has 39 heteroatoms. The maximum absolute atomic E-state index is 13.3. The van der Waals surface area contributed by atoms with E-state index in [4.69, 9.17) is 20.4 Å². The molecule has 0 aromatic heterocycles. The maximum Gasteiger partial charge on any atom is 0.296 e. The van der Waals surface area contributed by atoms with E-state index in [0.717, 1.165) is 36.4 Å². The van der Waals surface area contributed by atoms with Crippen LogP contribution in [0.2, 0.25) is 0 Å². The average Bonchev–Trinajstić information content (AvgIpc) is 3.59. The van der Waals surface area contributed by atoms with Crippen LogP contribution in [-0.2, 0) is 63.0 Å². The van der Waals surface area contributed by atoms with Crippen LogP contribution in [0.15, 0.2) is 180 Å². The summed E-state index contributed by atoms with van der Waals surface area (Å²) in [5, 5.41) is 68.2. The molecule has 10 N–H and O–H groups in total. The molecule has 424 valence electrons. The highest BCUT2D eigenvalue weighted by Gasteiger charge is 2.27. The lowest BCUT2D eigenvalue weighted by Crippen LogP contribution is -2.47. The summed E-state index contributed by atoms with van der Waals surface area (Å²) in [7, 11) is -19.1. The second-order valence-electron chi connectivity index (χ2n) is 15.6. The Kier molecular flexibility index (Phi) is 19.0. The van der Waals surface area contributed by atoms with Gasteiger partial charge in [0.2, 0.25) is 10.9 Å². The second-order valence-corrected chi connectivity index (χ2v) is 23.4. The van der Waals surface area contributed by atoms with Crippen LogP contribution in [0.1, 0.15) is 0 Å². The molecule has 0 atom stereocenters. The summed E-state index contributed by atoms with van der Waals surface area (Å²) in [5.41, 5.74) is 7.32. The number of non-ortho nitro benzene ring substituents is 1. The Bertz CT molecular complexity index is 4350. The largest absolute Gasteiger partial charge is 0.505 e.